The Morgan fingerprint density at radius 1 is 1.00 bits per heavy atom. The van der Waals surface area contributed by atoms with Crippen LogP contribution in [0.3, 0.4) is 0 Å². The van der Waals surface area contributed by atoms with Crippen LogP contribution in [0.25, 0.3) is 0 Å². The molecule has 0 atom stereocenters. The minimum absolute atomic E-state index is 0.133. The third kappa shape index (κ3) is 4.16. The first kappa shape index (κ1) is 17.4. The lowest BCUT2D eigenvalue weighted by atomic mass is 10.1. The molecule has 6 heteroatoms. The minimum atomic E-state index is -3.22. The van der Waals surface area contributed by atoms with Crippen molar-refractivity contribution >= 4 is 15.7 Å². The molecule has 0 N–H and O–H groups in total. The highest BCUT2D eigenvalue weighted by molar-refractivity contribution is 7.91. The SMILES string of the molecule is O=C(C1CCCC1)N1CCN(CCS(=O)(=O)c2ccccc2)CC1. The summed E-state index contributed by atoms with van der Waals surface area (Å²) in [6.07, 6.45) is 4.42. The molecule has 1 saturated carbocycles. The fourth-order valence-corrected chi connectivity index (χ4v) is 4.92. The number of sulfone groups is 1. The number of rotatable bonds is 5. The first-order chi connectivity index (χ1) is 11.6. The standard InChI is InChI=1S/C18H26N2O3S/c21-18(16-6-4-5-7-16)20-12-10-19(11-13-20)14-15-24(22,23)17-8-2-1-3-9-17/h1-3,8-9,16H,4-7,10-15H2. The summed E-state index contributed by atoms with van der Waals surface area (Å²) in [6.45, 7) is 3.51. The summed E-state index contributed by atoms with van der Waals surface area (Å²) in [5.74, 6) is 0.673. The van der Waals surface area contributed by atoms with Gasteiger partial charge in [0.15, 0.2) is 9.84 Å². The summed E-state index contributed by atoms with van der Waals surface area (Å²) < 4.78 is 24.7. The summed E-state index contributed by atoms with van der Waals surface area (Å²) in [5, 5.41) is 0. The van der Waals surface area contributed by atoms with Crippen LogP contribution in [0, 0.1) is 5.92 Å². The van der Waals surface area contributed by atoms with Gasteiger partial charge in [0.05, 0.1) is 10.6 Å². The lowest BCUT2D eigenvalue weighted by Crippen LogP contribution is -2.50. The van der Waals surface area contributed by atoms with Crippen LogP contribution in [0.4, 0.5) is 0 Å². The zero-order chi connectivity index (χ0) is 17.0. The molecule has 0 aromatic heterocycles. The summed E-state index contributed by atoms with van der Waals surface area (Å²) >= 11 is 0. The Labute approximate surface area is 144 Å². The van der Waals surface area contributed by atoms with Crippen molar-refractivity contribution in [2.45, 2.75) is 30.6 Å². The molecule has 2 fully saturated rings. The fraction of sp³-hybridized carbons (Fsp3) is 0.611. The zero-order valence-electron chi connectivity index (χ0n) is 14.1. The molecule has 0 unspecified atom stereocenters. The lowest BCUT2D eigenvalue weighted by molar-refractivity contribution is -0.137. The number of piperazine rings is 1. The second-order valence-electron chi connectivity index (χ2n) is 6.78. The van der Waals surface area contributed by atoms with E-state index in [1.807, 2.05) is 11.0 Å². The second-order valence-corrected chi connectivity index (χ2v) is 8.89. The number of hydrogen-bond donors (Lipinski definition) is 0. The van der Waals surface area contributed by atoms with E-state index in [1.54, 1.807) is 24.3 Å². The number of carbonyl (C=O) groups excluding carboxylic acids is 1. The average Bonchev–Trinajstić information content (AvgIpc) is 3.15. The summed E-state index contributed by atoms with van der Waals surface area (Å²) in [7, 11) is -3.22. The van der Waals surface area contributed by atoms with E-state index in [1.165, 1.54) is 12.8 Å². The van der Waals surface area contributed by atoms with Gasteiger partial charge in [-0.25, -0.2) is 8.42 Å². The Balaban J connectivity index is 1.46. The predicted molar refractivity (Wildman–Crippen MR) is 93.5 cm³/mol. The number of carbonyl (C=O) groups is 1. The molecule has 2 aliphatic rings. The Hall–Kier alpha value is -1.40. The number of nitrogens with zero attached hydrogens (tertiary/aromatic N) is 2. The average molecular weight is 350 g/mol. The maximum atomic E-state index is 12.4. The number of hydrogen-bond acceptors (Lipinski definition) is 4. The molecule has 1 aliphatic heterocycles. The second kappa shape index (κ2) is 7.66. The van der Waals surface area contributed by atoms with Crippen LogP contribution < -0.4 is 0 Å². The van der Waals surface area contributed by atoms with Gasteiger partial charge in [0.25, 0.3) is 0 Å². The monoisotopic (exact) mass is 350 g/mol. The molecule has 0 bridgehead atoms. The van der Waals surface area contributed by atoms with Crippen molar-refractivity contribution in [1.82, 2.24) is 9.80 Å². The Bertz CT molecular complexity index is 646. The molecule has 5 nitrogen and oxygen atoms in total. The van der Waals surface area contributed by atoms with E-state index in [9.17, 15) is 13.2 Å². The zero-order valence-corrected chi connectivity index (χ0v) is 14.9. The van der Waals surface area contributed by atoms with Crippen molar-refractivity contribution in [3.63, 3.8) is 0 Å². The molecule has 132 valence electrons. The third-order valence-corrected chi connectivity index (χ3v) is 6.88. The molecular weight excluding hydrogens is 324 g/mol. The molecule has 1 saturated heterocycles. The van der Waals surface area contributed by atoms with Crippen LogP contribution in [0.2, 0.25) is 0 Å². The Morgan fingerprint density at radius 2 is 1.62 bits per heavy atom. The Morgan fingerprint density at radius 3 is 2.25 bits per heavy atom. The van der Waals surface area contributed by atoms with Crippen molar-refractivity contribution in [2.24, 2.45) is 5.92 Å². The molecule has 24 heavy (non-hydrogen) atoms. The van der Waals surface area contributed by atoms with Crippen molar-refractivity contribution < 1.29 is 13.2 Å². The highest BCUT2D eigenvalue weighted by atomic mass is 32.2. The quantitative estimate of drug-likeness (QED) is 0.812. The molecule has 1 aliphatic carbocycles. The van der Waals surface area contributed by atoms with Crippen molar-refractivity contribution in [3.8, 4) is 0 Å². The topological polar surface area (TPSA) is 57.7 Å². The largest absolute Gasteiger partial charge is 0.340 e. The molecule has 1 aromatic carbocycles. The maximum Gasteiger partial charge on any atom is 0.225 e. The summed E-state index contributed by atoms with van der Waals surface area (Å²) in [4.78, 5) is 16.9. The van der Waals surface area contributed by atoms with Gasteiger partial charge in [-0.2, -0.15) is 0 Å². The molecule has 3 rings (SSSR count). The summed E-state index contributed by atoms with van der Waals surface area (Å²) in [6, 6.07) is 8.61. The van der Waals surface area contributed by atoms with Crippen LogP contribution in [-0.2, 0) is 14.6 Å². The van der Waals surface area contributed by atoms with Crippen LogP contribution >= 0.6 is 0 Å². The van der Waals surface area contributed by atoms with Gasteiger partial charge in [0.1, 0.15) is 0 Å². The van der Waals surface area contributed by atoms with Gasteiger partial charge < -0.3 is 4.90 Å². The molecule has 1 amide bonds. The first-order valence-electron chi connectivity index (χ1n) is 8.85. The van der Waals surface area contributed by atoms with Crippen LogP contribution in [0.5, 0.6) is 0 Å². The van der Waals surface area contributed by atoms with E-state index >= 15 is 0 Å². The highest BCUT2D eigenvalue weighted by Crippen LogP contribution is 2.26. The molecule has 0 radical (unpaired) electrons. The van der Waals surface area contributed by atoms with Crippen LogP contribution in [0.1, 0.15) is 25.7 Å². The molecule has 0 spiro atoms. The van der Waals surface area contributed by atoms with Gasteiger partial charge in [-0.1, -0.05) is 31.0 Å². The highest BCUT2D eigenvalue weighted by Gasteiger charge is 2.29. The van der Waals surface area contributed by atoms with Gasteiger partial charge in [-0.15, -0.1) is 0 Å². The molecule has 1 aromatic rings. The first-order valence-corrected chi connectivity index (χ1v) is 10.5. The van der Waals surface area contributed by atoms with E-state index in [2.05, 4.69) is 4.90 Å². The number of amides is 1. The smallest absolute Gasteiger partial charge is 0.225 e. The van der Waals surface area contributed by atoms with Crippen molar-refractivity contribution in [3.05, 3.63) is 30.3 Å². The van der Waals surface area contributed by atoms with Gasteiger partial charge in [-0.3, -0.25) is 9.69 Å². The van der Waals surface area contributed by atoms with E-state index < -0.39 is 9.84 Å². The molecule has 1 heterocycles. The summed E-state index contributed by atoms with van der Waals surface area (Å²) in [5.41, 5.74) is 0. The third-order valence-electron chi connectivity index (χ3n) is 5.17. The lowest BCUT2D eigenvalue weighted by Gasteiger charge is -2.35. The van der Waals surface area contributed by atoms with Gasteiger partial charge in [0.2, 0.25) is 5.91 Å². The normalized spacial score (nSPS) is 20.4. The molecular formula is C18H26N2O3S. The van der Waals surface area contributed by atoms with Gasteiger partial charge in [0, 0.05) is 38.6 Å². The predicted octanol–water partition coefficient (Wildman–Crippen LogP) is 1.79. The van der Waals surface area contributed by atoms with Gasteiger partial charge >= 0.3 is 0 Å². The van der Waals surface area contributed by atoms with E-state index in [0.717, 1.165) is 39.0 Å². The van der Waals surface area contributed by atoms with E-state index in [-0.39, 0.29) is 11.7 Å². The number of benzene rings is 1. The fourth-order valence-electron chi connectivity index (χ4n) is 3.62. The van der Waals surface area contributed by atoms with Gasteiger partial charge in [-0.05, 0) is 25.0 Å². The maximum absolute atomic E-state index is 12.4. The van der Waals surface area contributed by atoms with Crippen molar-refractivity contribution in [2.75, 3.05) is 38.5 Å². The van der Waals surface area contributed by atoms with Crippen LogP contribution in [0.15, 0.2) is 35.2 Å². The van der Waals surface area contributed by atoms with E-state index in [4.69, 9.17) is 0 Å². The van der Waals surface area contributed by atoms with Crippen LogP contribution in [-0.4, -0.2) is 62.6 Å². The van der Waals surface area contributed by atoms with E-state index in [0.29, 0.717) is 17.3 Å². The minimum Gasteiger partial charge on any atom is -0.340 e. The Kier molecular flexibility index (Phi) is 5.56. The van der Waals surface area contributed by atoms with Crippen molar-refractivity contribution in [1.29, 1.82) is 0 Å².